The predicted octanol–water partition coefficient (Wildman–Crippen LogP) is 3.33. The van der Waals surface area contributed by atoms with E-state index in [1.807, 2.05) is 13.8 Å². The van der Waals surface area contributed by atoms with Crippen LogP contribution in [0.15, 0.2) is 24.3 Å². The molecule has 1 amide bonds. The summed E-state index contributed by atoms with van der Waals surface area (Å²) < 4.78 is 9.91. The minimum atomic E-state index is -0.671. The van der Waals surface area contributed by atoms with Crippen LogP contribution in [-0.2, 0) is 16.0 Å². The van der Waals surface area contributed by atoms with E-state index in [0.29, 0.717) is 10.6 Å². The number of carbonyl (C=O) groups is 2. The van der Waals surface area contributed by atoms with Crippen molar-refractivity contribution >= 4 is 34.6 Å². The largest absolute Gasteiger partial charge is 0.496 e. The summed E-state index contributed by atoms with van der Waals surface area (Å²) in [6.45, 7) is 3.36. The molecule has 1 aromatic heterocycles. The van der Waals surface area contributed by atoms with Crippen LogP contribution < -0.4 is 10.1 Å². The Hall–Kier alpha value is -2.94. The Labute approximate surface area is 153 Å². The molecule has 26 heavy (non-hydrogen) atoms. The fourth-order valence-electron chi connectivity index (χ4n) is 2.26. The Morgan fingerprint density at radius 3 is 2.62 bits per heavy atom. The highest BCUT2D eigenvalue weighted by Gasteiger charge is 2.19. The summed E-state index contributed by atoms with van der Waals surface area (Å²) in [6, 6.07) is 5.78. The van der Waals surface area contributed by atoms with Crippen LogP contribution in [0, 0.1) is 17.0 Å². The zero-order valence-electron chi connectivity index (χ0n) is 14.5. The van der Waals surface area contributed by atoms with Crippen molar-refractivity contribution in [3.8, 4) is 5.75 Å². The number of hydrogen-bond donors (Lipinski definition) is 1. The maximum atomic E-state index is 12.0. The third kappa shape index (κ3) is 4.57. The highest BCUT2D eigenvalue weighted by atomic mass is 32.1. The van der Waals surface area contributed by atoms with Gasteiger partial charge in [0.2, 0.25) is 0 Å². The lowest BCUT2D eigenvalue weighted by atomic mass is 10.2. The average molecular weight is 378 g/mol. The summed E-state index contributed by atoms with van der Waals surface area (Å²) in [5, 5.41) is 13.5. The molecule has 0 atom stereocenters. The van der Waals surface area contributed by atoms with Gasteiger partial charge < -0.3 is 14.8 Å². The quantitative estimate of drug-likeness (QED) is 0.450. The molecule has 1 aromatic carbocycles. The van der Waals surface area contributed by atoms with E-state index in [1.54, 1.807) is 6.07 Å². The average Bonchev–Trinajstić information content (AvgIpc) is 3.00. The lowest BCUT2D eigenvalue weighted by Crippen LogP contribution is -2.21. The number of nitro benzene ring substituents is 1. The monoisotopic (exact) mass is 378 g/mol. The van der Waals surface area contributed by atoms with Crippen molar-refractivity contribution in [2.75, 3.05) is 19.0 Å². The van der Waals surface area contributed by atoms with Crippen LogP contribution in [0.25, 0.3) is 0 Å². The number of esters is 1. The van der Waals surface area contributed by atoms with Gasteiger partial charge in [0.15, 0.2) is 6.61 Å². The number of nitro groups is 1. The highest BCUT2D eigenvalue weighted by molar-refractivity contribution is 7.14. The summed E-state index contributed by atoms with van der Waals surface area (Å²) in [7, 11) is 1.38. The molecule has 0 aliphatic carbocycles. The number of aryl methyl sites for hydroxylation is 2. The summed E-state index contributed by atoms with van der Waals surface area (Å²) in [5.74, 6) is -0.978. The summed E-state index contributed by atoms with van der Waals surface area (Å²) in [4.78, 5) is 35.9. The molecule has 0 fully saturated rings. The van der Waals surface area contributed by atoms with E-state index in [0.717, 1.165) is 16.9 Å². The van der Waals surface area contributed by atoms with Gasteiger partial charge in [-0.05, 0) is 37.1 Å². The number of ether oxygens (including phenoxy) is 2. The molecule has 0 radical (unpaired) electrons. The maximum Gasteiger partial charge on any atom is 0.348 e. The lowest BCUT2D eigenvalue weighted by Gasteiger charge is -2.08. The number of thiophene rings is 1. The van der Waals surface area contributed by atoms with Crippen molar-refractivity contribution in [1.82, 2.24) is 0 Å². The van der Waals surface area contributed by atoms with Crippen molar-refractivity contribution in [2.24, 2.45) is 0 Å². The standard InChI is InChI=1S/C17H18N2O6S/c1-4-11-7-15(26-10(11)2)17(21)25-9-16(20)18-13-6-5-12(24-3)8-14(13)19(22)23/h5-8H,4,9H2,1-3H3,(H,18,20). The Kier molecular flexibility index (Phi) is 6.29. The molecule has 2 rings (SSSR count). The number of benzene rings is 1. The normalized spacial score (nSPS) is 10.3. The van der Waals surface area contributed by atoms with Gasteiger partial charge in [-0.2, -0.15) is 0 Å². The summed E-state index contributed by atoms with van der Waals surface area (Å²) >= 11 is 1.30. The number of rotatable bonds is 7. The third-order valence-electron chi connectivity index (χ3n) is 3.61. The van der Waals surface area contributed by atoms with Crippen LogP contribution in [0.5, 0.6) is 5.75 Å². The number of hydrogen-bond acceptors (Lipinski definition) is 7. The van der Waals surface area contributed by atoms with Crippen LogP contribution in [0.1, 0.15) is 27.0 Å². The van der Waals surface area contributed by atoms with Crippen LogP contribution in [-0.4, -0.2) is 30.5 Å². The molecule has 0 aliphatic rings. The van der Waals surface area contributed by atoms with Crippen molar-refractivity contribution in [3.63, 3.8) is 0 Å². The molecule has 9 heteroatoms. The second-order valence-electron chi connectivity index (χ2n) is 5.31. The predicted molar refractivity (Wildman–Crippen MR) is 97.0 cm³/mol. The maximum absolute atomic E-state index is 12.0. The first-order valence-corrected chi connectivity index (χ1v) is 8.56. The summed E-state index contributed by atoms with van der Waals surface area (Å²) in [5.41, 5.74) is 0.739. The van der Waals surface area contributed by atoms with Crippen molar-refractivity contribution < 1.29 is 24.0 Å². The number of nitrogens with zero attached hydrogens (tertiary/aromatic N) is 1. The summed E-state index contributed by atoms with van der Waals surface area (Å²) in [6.07, 6.45) is 0.803. The number of anilines is 1. The number of amides is 1. The molecule has 0 saturated heterocycles. The van der Waals surface area contributed by atoms with Crippen LogP contribution in [0.3, 0.4) is 0 Å². The third-order valence-corrected chi connectivity index (χ3v) is 4.69. The van der Waals surface area contributed by atoms with E-state index in [-0.39, 0.29) is 11.4 Å². The van der Waals surface area contributed by atoms with Gasteiger partial charge in [0.1, 0.15) is 16.3 Å². The molecule has 0 unspecified atom stereocenters. The fraction of sp³-hybridized carbons (Fsp3) is 0.294. The van der Waals surface area contributed by atoms with Crippen molar-refractivity contribution in [3.05, 3.63) is 49.7 Å². The van der Waals surface area contributed by atoms with E-state index in [1.165, 1.54) is 36.6 Å². The minimum absolute atomic E-state index is 0.00270. The van der Waals surface area contributed by atoms with Gasteiger partial charge in [-0.1, -0.05) is 6.92 Å². The zero-order valence-corrected chi connectivity index (χ0v) is 15.3. The first-order chi connectivity index (χ1) is 12.3. The molecule has 8 nitrogen and oxygen atoms in total. The smallest absolute Gasteiger partial charge is 0.348 e. The van der Waals surface area contributed by atoms with E-state index < -0.39 is 23.4 Å². The number of nitrogens with one attached hydrogen (secondary N) is 1. The Bertz CT molecular complexity index is 846. The molecule has 0 bridgehead atoms. The molecule has 0 spiro atoms. The number of carbonyl (C=O) groups excluding carboxylic acids is 2. The van der Waals surface area contributed by atoms with Gasteiger partial charge in [-0.3, -0.25) is 14.9 Å². The molecule has 1 heterocycles. The lowest BCUT2D eigenvalue weighted by molar-refractivity contribution is -0.384. The molecule has 0 saturated carbocycles. The van der Waals surface area contributed by atoms with E-state index in [2.05, 4.69) is 5.32 Å². The van der Waals surface area contributed by atoms with Gasteiger partial charge in [-0.25, -0.2) is 4.79 Å². The van der Waals surface area contributed by atoms with Gasteiger partial charge in [-0.15, -0.1) is 11.3 Å². The van der Waals surface area contributed by atoms with Gasteiger partial charge in [0.25, 0.3) is 11.6 Å². The first kappa shape index (κ1) is 19.4. The van der Waals surface area contributed by atoms with Crippen LogP contribution >= 0.6 is 11.3 Å². The molecular formula is C17H18N2O6S. The number of methoxy groups -OCH3 is 1. The van der Waals surface area contributed by atoms with E-state index in [4.69, 9.17) is 9.47 Å². The fourth-order valence-corrected chi connectivity index (χ4v) is 3.26. The Morgan fingerprint density at radius 1 is 1.31 bits per heavy atom. The minimum Gasteiger partial charge on any atom is -0.496 e. The molecular weight excluding hydrogens is 360 g/mol. The van der Waals surface area contributed by atoms with Gasteiger partial charge >= 0.3 is 5.97 Å². The molecule has 1 N–H and O–H groups in total. The SMILES string of the molecule is CCc1cc(C(=O)OCC(=O)Nc2ccc(OC)cc2[N+](=O)[O-])sc1C. The zero-order chi connectivity index (χ0) is 19.3. The Morgan fingerprint density at radius 2 is 2.04 bits per heavy atom. The van der Waals surface area contributed by atoms with Crippen molar-refractivity contribution in [2.45, 2.75) is 20.3 Å². The second kappa shape index (κ2) is 8.43. The van der Waals surface area contributed by atoms with Crippen molar-refractivity contribution in [1.29, 1.82) is 0 Å². The molecule has 0 aliphatic heterocycles. The second-order valence-corrected chi connectivity index (χ2v) is 6.57. The van der Waals surface area contributed by atoms with Crippen LogP contribution in [0.2, 0.25) is 0 Å². The highest BCUT2D eigenvalue weighted by Crippen LogP contribution is 2.29. The topological polar surface area (TPSA) is 108 Å². The molecule has 138 valence electrons. The van der Waals surface area contributed by atoms with Crippen LogP contribution in [0.4, 0.5) is 11.4 Å². The Balaban J connectivity index is 2.00. The van der Waals surface area contributed by atoms with Gasteiger partial charge in [0.05, 0.1) is 18.1 Å². The van der Waals surface area contributed by atoms with Gasteiger partial charge in [0, 0.05) is 4.88 Å². The molecule has 2 aromatic rings. The van der Waals surface area contributed by atoms with E-state index in [9.17, 15) is 19.7 Å². The first-order valence-electron chi connectivity index (χ1n) is 7.74. The van der Waals surface area contributed by atoms with E-state index >= 15 is 0 Å².